The van der Waals surface area contributed by atoms with Gasteiger partial charge in [0.2, 0.25) is 0 Å². The molecule has 0 fully saturated rings. The molecule has 0 aliphatic heterocycles. The van der Waals surface area contributed by atoms with Gasteiger partial charge in [-0.1, -0.05) is 36.7 Å². The van der Waals surface area contributed by atoms with Gasteiger partial charge in [-0.2, -0.15) is 5.26 Å². The second-order valence-electron chi connectivity index (χ2n) is 5.60. The van der Waals surface area contributed by atoms with E-state index in [0.29, 0.717) is 41.0 Å². The van der Waals surface area contributed by atoms with Gasteiger partial charge in [-0.05, 0) is 49.2 Å². The molecule has 1 amide bonds. The summed E-state index contributed by atoms with van der Waals surface area (Å²) in [6.45, 7) is 4.80. The van der Waals surface area contributed by atoms with E-state index < -0.39 is 5.91 Å². The molecule has 0 heterocycles. The van der Waals surface area contributed by atoms with Crippen LogP contribution in [0.15, 0.2) is 48.0 Å². The lowest BCUT2D eigenvalue weighted by Crippen LogP contribution is -2.13. The summed E-state index contributed by atoms with van der Waals surface area (Å²) < 4.78 is 11.3. The third kappa shape index (κ3) is 5.77. The molecule has 0 aliphatic carbocycles. The van der Waals surface area contributed by atoms with Crippen molar-refractivity contribution in [3.63, 3.8) is 0 Å². The molecule has 0 spiro atoms. The van der Waals surface area contributed by atoms with Crippen LogP contribution in [0.25, 0.3) is 6.08 Å². The van der Waals surface area contributed by atoms with Crippen LogP contribution < -0.4 is 14.8 Å². The first-order valence-electron chi connectivity index (χ1n) is 8.66. The number of carbonyl (C=O) groups is 1. The first kappa shape index (κ1) is 20.3. The third-order valence-corrected chi connectivity index (χ3v) is 3.77. The lowest BCUT2D eigenvalue weighted by Gasteiger charge is -2.14. The SMILES string of the molecule is CCCOc1c(Cl)cc(/C=C(\C#N)C(=O)Nc2ccccc2)cc1OCC. The monoisotopic (exact) mass is 384 g/mol. The second-order valence-corrected chi connectivity index (χ2v) is 6.01. The van der Waals surface area contributed by atoms with E-state index in [1.807, 2.05) is 26.0 Å². The highest BCUT2D eigenvalue weighted by Gasteiger charge is 2.14. The van der Waals surface area contributed by atoms with Crippen molar-refractivity contribution < 1.29 is 14.3 Å². The summed E-state index contributed by atoms with van der Waals surface area (Å²) in [5.74, 6) is 0.444. The number of carbonyl (C=O) groups excluding carboxylic acids is 1. The number of amides is 1. The fraction of sp³-hybridized carbons (Fsp3) is 0.238. The fourth-order valence-electron chi connectivity index (χ4n) is 2.31. The molecule has 5 nitrogen and oxygen atoms in total. The number of nitriles is 1. The molecule has 2 aromatic rings. The standard InChI is InChI=1S/C21H21ClN2O3/c1-3-10-27-20-18(22)12-15(13-19(20)26-4-2)11-16(14-23)21(25)24-17-8-6-5-7-9-17/h5-9,11-13H,3-4,10H2,1-2H3,(H,24,25)/b16-11+. The zero-order valence-electron chi connectivity index (χ0n) is 15.3. The van der Waals surface area contributed by atoms with E-state index in [2.05, 4.69) is 5.32 Å². The summed E-state index contributed by atoms with van der Waals surface area (Å²) in [6, 6.07) is 14.2. The molecule has 0 aromatic heterocycles. The van der Waals surface area contributed by atoms with Gasteiger partial charge in [0.05, 0.1) is 18.2 Å². The molecule has 140 valence electrons. The van der Waals surface area contributed by atoms with Crippen LogP contribution in [0, 0.1) is 11.3 Å². The summed E-state index contributed by atoms with van der Waals surface area (Å²) in [5, 5.41) is 12.4. The Hall–Kier alpha value is -2.97. The van der Waals surface area contributed by atoms with Crippen molar-refractivity contribution in [2.75, 3.05) is 18.5 Å². The minimum atomic E-state index is -0.496. The number of anilines is 1. The van der Waals surface area contributed by atoms with Crippen LogP contribution in [-0.2, 0) is 4.79 Å². The Balaban J connectivity index is 2.31. The highest BCUT2D eigenvalue weighted by Crippen LogP contribution is 2.37. The first-order chi connectivity index (χ1) is 13.1. The molecule has 0 bridgehead atoms. The van der Waals surface area contributed by atoms with Crippen LogP contribution in [0.3, 0.4) is 0 Å². The number of hydrogen-bond donors (Lipinski definition) is 1. The lowest BCUT2D eigenvalue weighted by molar-refractivity contribution is -0.112. The number of rotatable bonds is 8. The normalized spacial score (nSPS) is 10.8. The predicted octanol–water partition coefficient (Wildman–Crippen LogP) is 5.07. The van der Waals surface area contributed by atoms with Crippen LogP contribution in [-0.4, -0.2) is 19.1 Å². The quantitative estimate of drug-likeness (QED) is 0.509. The van der Waals surface area contributed by atoms with E-state index in [-0.39, 0.29) is 5.57 Å². The van der Waals surface area contributed by atoms with E-state index >= 15 is 0 Å². The third-order valence-electron chi connectivity index (χ3n) is 3.49. The van der Waals surface area contributed by atoms with E-state index in [1.54, 1.807) is 36.4 Å². The number of para-hydroxylation sites is 1. The maximum atomic E-state index is 12.4. The van der Waals surface area contributed by atoms with Crippen molar-refractivity contribution >= 4 is 29.3 Å². The smallest absolute Gasteiger partial charge is 0.266 e. The number of nitrogens with zero attached hydrogens (tertiary/aromatic N) is 1. The molecule has 6 heteroatoms. The van der Waals surface area contributed by atoms with Gasteiger partial charge in [-0.3, -0.25) is 4.79 Å². The summed E-state index contributed by atoms with van der Waals surface area (Å²) in [5.41, 5.74) is 1.15. The van der Waals surface area contributed by atoms with E-state index in [9.17, 15) is 10.1 Å². The Labute approximate surface area is 164 Å². The minimum Gasteiger partial charge on any atom is -0.490 e. The van der Waals surface area contributed by atoms with Crippen LogP contribution in [0.2, 0.25) is 5.02 Å². The van der Waals surface area contributed by atoms with Gasteiger partial charge in [0.25, 0.3) is 5.91 Å². The molecule has 0 atom stereocenters. The Kier molecular flexibility index (Phi) is 7.72. The van der Waals surface area contributed by atoms with E-state index in [4.69, 9.17) is 21.1 Å². The molecule has 2 rings (SSSR count). The van der Waals surface area contributed by atoms with Gasteiger partial charge in [0.15, 0.2) is 11.5 Å². The zero-order valence-corrected chi connectivity index (χ0v) is 16.0. The highest BCUT2D eigenvalue weighted by molar-refractivity contribution is 6.32. The molecule has 0 aliphatic rings. The summed E-state index contributed by atoms with van der Waals surface area (Å²) in [7, 11) is 0. The molecular formula is C21H21ClN2O3. The van der Waals surface area contributed by atoms with Crippen molar-refractivity contribution in [1.29, 1.82) is 5.26 Å². The lowest BCUT2D eigenvalue weighted by atomic mass is 10.1. The van der Waals surface area contributed by atoms with Crippen molar-refractivity contribution in [1.82, 2.24) is 0 Å². The molecule has 0 saturated carbocycles. The van der Waals surface area contributed by atoms with Gasteiger partial charge in [0.1, 0.15) is 11.6 Å². The summed E-state index contributed by atoms with van der Waals surface area (Å²) >= 11 is 6.32. The van der Waals surface area contributed by atoms with Crippen molar-refractivity contribution in [3.05, 3.63) is 58.6 Å². The van der Waals surface area contributed by atoms with Crippen LogP contribution in [0.5, 0.6) is 11.5 Å². The molecule has 2 aromatic carbocycles. The van der Waals surface area contributed by atoms with Gasteiger partial charge >= 0.3 is 0 Å². The molecule has 0 saturated heterocycles. The fourth-order valence-corrected chi connectivity index (χ4v) is 2.59. The van der Waals surface area contributed by atoms with E-state index in [1.165, 1.54) is 6.08 Å². The first-order valence-corrected chi connectivity index (χ1v) is 9.04. The van der Waals surface area contributed by atoms with Crippen LogP contribution in [0.1, 0.15) is 25.8 Å². The van der Waals surface area contributed by atoms with Gasteiger partial charge < -0.3 is 14.8 Å². The number of hydrogen-bond acceptors (Lipinski definition) is 4. The Morgan fingerprint density at radius 2 is 1.96 bits per heavy atom. The van der Waals surface area contributed by atoms with Crippen LogP contribution >= 0.6 is 11.6 Å². The van der Waals surface area contributed by atoms with E-state index in [0.717, 1.165) is 6.42 Å². The largest absolute Gasteiger partial charge is 0.490 e. The summed E-state index contributed by atoms with van der Waals surface area (Å²) in [4.78, 5) is 12.4. The van der Waals surface area contributed by atoms with Gasteiger partial charge in [0, 0.05) is 5.69 Å². The predicted molar refractivity (Wildman–Crippen MR) is 107 cm³/mol. The van der Waals surface area contributed by atoms with Crippen molar-refractivity contribution in [2.24, 2.45) is 0 Å². The average molecular weight is 385 g/mol. The molecular weight excluding hydrogens is 364 g/mol. The minimum absolute atomic E-state index is 0.0420. The Morgan fingerprint density at radius 3 is 2.59 bits per heavy atom. The highest BCUT2D eigenvalue weighted by atomic mass is 35.5. The van der Waals surface area contributed by atoms with Crippen molar-refractivity contribution in [2.45, 2.75) is 20.3 Å². The maximum Gasteiger partial charge on any atom is 0.266 e. The molecule has 1 N–H and O–H groups in total. The average Bonchev–Trinajstić information content (AvgIpc) is 2.66. The zero-order chi connectivity index (χ0) is 19.6. The molecule has 0 unspecified atom stereocenters. The van der Waals surface area contributed by atoms with Gasteiger partial charge in [-0.25, -0.2) is 0 Å². The van der Waals surface area contributed by atoms with Gasteiger partial charge in [-0.15, -0.1) is 0 Å². The topological polar surface area (TPSA) is 71.3 Å². The Morgan fingerprint density at radius 1 is 1.22 bits per heavy atom. The number of nitrogens with one attached hydrogen (secondary N) is 1. The van der Waals surface area contributed by atoms with Crippen LogP contribution in [0.4, 0.5) is 5.69 Å². The molecule has 27 heavy (non-hydrogen) atoms. The number of benzene rings is 2. The molecule has 0 radical (unpaired) electrons. The number of halogens is 1. The number of ether oxygens (including phenoxy) is 2. The maximum absolute atomic E-state index is 12.4. The second kappa shape index (κ2) is 10.2. The van der Waals surface area contributed by atoms with Crippen molar-refractivity contribution in [3.8, 4) is 17.6 Å². The summed E-state index contributed by atoms with van der Waals surface area (Å²) in [6.07, 6.45) is 2.30. The Bertz CT molecular complexity index is 858.